The number of carbonyl (C=O) groups excluding carboxylic acids is 2. The van der Waals surface area contributed by atoms with Crippen molar-refractivity contribution in [3.8, 4) is 0 Å². The Labute approximate surface area is 158 Å². The highest BCUT2D eigenvalue weighted by molar-refractivity contribution is 9.10. The van der Waals surface area contributed by atoms with Crippen LogP contribution in [0.3, 0.4) is 0 Å². The molecule has 7 heteroatoms. The van der Waals surface area contributed by atoms with Crippen LogP contribution in [0, 0.1) is 0 Å². The molecule has 0 aliphatic carbocycles. The monoisotopic (exact) mass is 423 g/mol. The molecule has 1 aromatic rings. The molecule has 3 aliphatic rings. The van der Waals surface area contributed by atoms with E-state index in [1.165, 1.54) is 0 Å². The minimum atomic E-state index is -1.85. The molecular weight excluding hydrogens is 406 g/mol. The van der Waals surface area contributed by atoms with E-state index in [1.54, 1.807) is 24.8 Å². The number of rotatable bonds is 0. The van der Waals surface area contributed by atoms with Crippen molar-refractivity contribution in [1.29, 1.82) is 0 Å². The smallest absolute Gasteiger partial charge is 0.265 e. The lowest BCUT2D eigenvalue weighted by molar-refractivity contribution is -0.139. The van der Waals surface area contributed by atoms with Crippen LogP contribution in [0.5, 0.6) is 0 Å². The predicted octanol–water partition coefficient (Wildman–Crippen LogP) is 3.10. The van der Waals surface area contributed by atoms with E-state index in [1.807, 2.05) is 12.1 Å². The third-order valence-corrected chi connectivity index (χ3v) is 7.16. The third-order valence-electron chi connectivity index (χ3n) is 5.28. The summed E-state index contributed by atoms with van der Waals surface area (Å²) in [7, 11) is 0. The van der Waals surface area contributed by atoms with Gasteiger partial charge in [0.25, 0.3) is 5.91 Å². The van der Waals surface area contributed by atoms with Crippen molar-refractivity contribution in [2.45, 2.75) is 37.0 Å². The molecule has 0 aromatic heterocycles. The second kappa shape index (κ2) is 5.59. The SMILES string of the molecule is CC1=C2OCCCCN3C(=O)C(O)(c4cc(Br)ccc43)C2(C)SC1=O. The Hall–Kier alpha value is -1.31. The molecule has 2 atom stereocenters. The van der Waals surface area contributed by atoms with Crippen LogP contribution in [-0.4, -0.2) is 34.0 Å². The van der Waals surface area contributed by atoms with Crippen LogP contribution < -0.4 is 4.90 Å². The summed E-state index contributed by atoms with van der Waals surface area (Å²) in [5.74, 6) is 0.0362. The summed E-state index contributed by atoms with van der Waals surface area (Å²) >= 11 is 4.41. The van der Waals surface area contributed by atoms with Gasteiger partial charge in [-0.15, -0.1) is 0 Å². The number of hydrogen-bond acceptors (Lipinski definition) is 5. The summed E-state index contributed by atoms with van der Waals surface area (Å²) in [6.45, 7) is 4.42. The highest BCUT2D eigenvalue weighted by Crippen LogP contribution is 2.59. The van der Waals surface area contributed by atoms with Crippen molar-refractivity contribution >= 4 is 44.4 Å². The molecular formula is C18H18BrNO4S. The van der Waals surface area contributed by atoms with Gasteiger partial charge < -0.3 is 14.7 Å². The zero-order valence-electron chi connectivity index (χ0n) is 14.0. The van der Waals surface area contributed by atoms with Crippen molar-refractivity contribution in [3.63, 3.8) is 0 Å². The van der Waals surface area contributed by atoms with Crippen LogP contribution >= 0.6 is 27.7 Å². The van der Waals surface area contributed by atoms with Crippen molar-refractivity contribution in [3.05, 3.63) is 39.6 Å². The lowest BCUT2D eigenvalue weighted by atomic mass is 9.80. The first-order valence-electron chi connectivity index (χ1n) is 8.22. The van der Waals surface area contributed by atoms with E-state index in [4.69, 9.17) is 4.74 Å². The normalized spacial score (nSPS) is 31.8. The first kappa shape index (κ1) is 17.1. The molecule has 1 N–H and O–H groups in total. The Morgan fingerprint density at radius 2 is 2.08 bits per heavy atom. The van der Waals surface area contributed by atoms with Crippen molar-refractivity contribution in [2.24, 2.45) is 0 Å². The molecule has 3 heterocycles. The average Bonchev–Trinajstić information content (AvgIpc) is 2.92. The summed E-state index contributed by atoms with van der Waals surface area (Å²) in [4.78, 5) is 27.4. The number of thioether (sulfide) groups is 1. The lowest BCUT2D eigenvalue weighted by Crippen LogP contribution is -2.55. The van der Waals surface area contributed by atoms with E-state index in [2.05, 4.69) is 15.9 Å². The number of hydrogen-bond donors (Lipinski definition) is 1. The largest absolute Gasteiger partial charge is 0.496 e. The molecule has 5 nitrogen and oxygen atoms in total. The number of anilines is 1. The topological polar surface area (TPSA) is 66.8 Å². The third kappa shape index (κ3) is 2.12. The van der Waals surface area contributed by atoms with Crippen LogP contribution in [0.4, 0.5) is 5.69 Å². The Morgan fingerprint density at radius 3 is 2.84 bits per heavy atom. The zero-order valence-corrected chi connectivity index (χ0v) is 16.4. The fourth-order valence-electron chi connectivity index (χ4n) is 3.93. The molecule has 0 saturated carbocycles. The van der Waals surface area contributed by atoms with Gasteiger partial charge in [0.05, 0.1) is 12.3 Å². The molecule has 0 spiro atoms. The fraction of sp³-hybridized carbons (Fsp3) is 0.444. The average molecular weight is 424 g/mol. The molecule has 2 unspecified atom stereocenters. The summed E-state index contributed by atoms with van der Waals surface area (Å²) < 4.78 is 5.52. The Bertz CT molecular complexity index is 838. The number of fused-ring (bicyclic) bond motifs is 7. The van der Waals surface area contributed by atoms with Gasteiger partial charge in [-0.25, -0.2) is 0 Å². The van der Waals surface area contributed by atoms with Gasteiger partial charge in [0.15, 0.2) is 5.60 Å². The van der Waals surface area contributed by atoms with Crippen molar-refractivity contribution < 1.29 is 19.4 Å². The Morgan fingerprint density at radius 1 is 1.32 bits per heavy atom. The Balaban J connectivity index is 2.01. The van der Waals surface area contributed by atoms with Gasteiger partial charge in [0.2, 0.25) is 5.12 Å². The van der Waals surface area contributed by atoms with Crippen LogP contribution in [-0.2, 0) is 19.9 Å². The van der Waals surface area contributed by atoms with E-state index in [-0.39, 0.29) is 11.0 Å². The van der Waals surface area contributed by atoms with Crippen molar-refractivity contribution in [2.75, 3.05) is 18.1 Å². The number of carbonyl (C=O) groups is 2. The maximum absolute atomic E-state index is 13.3. The molecule has 132 valence electrons. The number of aliphatic hydroxyl groups is 1. The lowest BCUT2D eigenvalue weighted by Gasteiger charge is -2.39. The molecule has 1 saturated heterocycles. The summed E-state index contributed by atoms with van der Waals surface area (Å²) in [5, 5.41) is 11.6. The molecule has 2 bridgehead atoms. The van der Waals surface area contributed by atoms with Crippen LogP contribution in [0.15, 0.2) is 34.0 Å². The van der Waals surface area contributed by atoms with Crippen LogP contribution in [0.1, 0.15) is 32.3 Å². The quantitative estimate of drug-likeness (QED) is 0.694. The molecule has 0 radical (unpaired) electrons. The number of benzene rings is 1. The maximum atomic E-state index is 13.3. The molecule has 1 aromatic carbocycles. The summed E-state index contributed by atoms with van der Waals surface area (Å²) in [6.07, 6.45) is 1.54. The van der Waals surface area contributed by atoms with E-state index in [9.17, 15) is 14.7 Å². The second-order valence-electron chi connectivity index (χ2n) is 6.76. The molecule has 1 fully saturated rings. The first-order valence-corrected chi connectivity index (χ1v) is 9.83. The van der Waals surface area contributed by atoms with Gasteiger partial charge in [-0.3, -0.25) is 9.59 Å². The number of halogens is 1. The highest BCUT2D eigenvalue weighted by atomic mass is 79.9. The van der Waals surface area contributed by atoms with E-state index >= 15 is 0 Å². The molecule has 25 heavy (non-hydrogen) atoms. The van der Waals surface area contributed by atoms with Crippen molar-refractivity contribution in [1.82, 2.24) is 0 Å². The summed E-state index contributed by atoms with van der Waals surface area (Å²) in [6, 6.07) is 5.47. The molecule has 4 rings (SSSR count). The fourth-order valence-corrected chi connectivity index (χ4v) is 5.55. The van der Waals surface area contributed by atoms with Gasteiger partial charge in [-0.1, -0.05) is 27.7 Å². The number of ether oxygens (including phenoxy) is 1. The first-order chi connectivity index (χ1) is 11.8. The predicted molar refractivity (Wildman–Crippen MR) is 99.3 cm³/mol. The maximum Gasteiger partial charge on any atom is 0.265 e. The van der Waals surface area contributed by atoms with E-state index in [0.29, 0.717) is 35.7 Å². The minimum absolute atomic E-state index is 0.159. The zero-order chi connectivity index (χ0) is 18.0. The van der Waals surface area contributed by atoms with Crippen LogP contribution in [0.25, 0.3) is 0 Å². The molecule has 1 amide bonds. The van der Waals surface area contributed by atoms with Crippen LogP contribution in [0.2, 0.25) is 0 Å². The Kier molecular flexibility index (Phi) is 3.83. The number of nitrogens with zero attached hydrogens (tertiary/aromatic N) is 1. The second-order valence-corrected chi connectivity index (χ2v) is 9.07. The van der Waals surface area contributed by atoms with E-state index < -0.39 is 10.3 Å². The van der Waals surface area contributed by atoms with Gasteiger partial charge >= 0.3 is 0 Å². The standard InChI is InChI=1S/C18H18BrNO4S/c1-10-14-17(2,25-15(10)21)18(23)12-9-11(19)5-6-13(12)20(16(18)22)7-3-4-8-24-14/h5-6,9,23H,3-4,7-8H2,1-2H3. The van der Waals surface area contributed by atoms with Gasteiger partial charge in [0.1, 0.15) is 10.5 Å². The minimum Gasteiger partial charge on any atom is -0.496 e. The van der Waals surface area contributed by atoms with Gasteiger partial charge in [0, 0.05) is 22.2 Å². The van der Waals surface area contributed by atoms with Gasteiger partial charge in [-0.05, 0) is 44.9 Å². The highest BCUT2D eigenvalue weighted by Gasteiger charge is 2.66. The summed E-state index contributed by atoms with van der Waals surface area (Å²) in [5.41, 5.74) is -0.149. The molecule has 3 aliphatic heterocycles. The van der Waals surface area contributed by atoms with Gasteiger partial charge in [-0.2, -0.15) is 0 Å². The van der Waals surface area contributed by atoms with E-state index in [0.717, 1.165) is 29.1 Å². The number of amides is 1.